The molecule has 0 radical (unpaired) electrons. The van der Waals surface area contributed by atoms with Gasteiger partial charge in [-0.2, -0.15) is 21.6 Å². The van der Waals surface area contributed by atoms with Gasteiger partial charge < -0.3 is 13.3 Å². The van der Waals surface area contributed by atoms with E-state index >= 15 is 0 Å². The smallest absolute Gasteiger partial charge is 0.443 e. The number of alkyl halides is 3. The molecule has 33 heavy (non-hydrogen) atoms. The summed E-state index contributed by atoms with van der Waals surface area (Å²) < 4.78 is 79.0. The zero-order valence-corrected chi connectivity index (χ0v) is 23.0. The average molecular weight is 518 g/mol. The first-order chi connectivity index (χ1) is 14.5. The van der Waals surface area contributed by atoms with E-state index in [4.69, 9.17) is 9.16 Å². The first-order valence-corrected chi connectivity index (χ1v) is 15.2. The molecule has 7 nitrogen and oxygen atoms in total. The van der Waals surface area contributed by atoms with Gasteiger partial charge in [0.2, 0.25) is 5.88 Å². The minimum Gasteiger partial charge on any atom is -0.443 e. The molecular formula is C21H38F3NO6SSi. The van der Waals surface area contributed by atoms with Gasteiger partial charge in [0.1, 0.15) is 5.60 Å². The van der Waals surface area contributed by atoms with Crippen LogP contribution in [-0.4, -0.2) is 51.0 Å². The van der Waals surface area contributed by atoms with E-state index in [1.54, 1.807) is 20.8 Å². The molecule has 12 heteroatoms. The molecule has 1 heterocycles. The lowest BCUT2D eigenvalue weighted by Gasteiger charge is -2.46. The van der Waals surface area contributed by atoms with Crippen molar-refractivity contribution in [2.45, 2.75) is 110 Å². The Morgan fingerprint density at radius 3 is 2.06 bits per heavy atom. The molecule has 194 valence electrons. The average Bonchev–Trinajstić information content (AvgIpc) is 2.52. The van der Waals surface area contributed by atoms with E-state index in [1.165, 1.54) is 0 Å². The van der Waals surface area contributed by atoms with Crippen molar-refractivity contribution in [3.05, 3.63) is 12.0 Å². The highest BCUT2D eigenvalue weighted by atomic mass is 32.2. The van der Waals surface area contributed by atoms with Crippen LogP contribution >= 0.6 is 0 Å². The van der Waals surface area contributed by atoms with Crippen molar-refractivity contribution >= 4 is 24.5 Å². The van der Waals surface area contributed by atoms with Crippen molar-refractivity contribution in [1.82, 2.24) is 4.90 Å². The lowest BCUT2D eigenvalue weighted by Crippen LogP contribution is -2.56. The number of nitrogens with zero attached hydrogens (tertiary/aromatic N) is 1. The van der Waals surface area contributed by atoms with Crippen molar-refractivity contribution in [3.8, 4) is 0 Å². The van der Waals surface area contributed by atoms with E-state index in [9.17, 15) is 26.4 Å². The van der Waals surface area contributed by atoms with E-state index in [1.807, 2.05) is 47.7 Å². The number of carbonyl (C=O) groups excluding carboxylic acids is 1. The van der Waals surface area contributed by atoms with Crippen LogP contribution in [0, 0.1) is 5.92 Å². The molecule has 0 spiro atoms. The van der Waals surface area contributed by atoms with E-state index in [2.05, 4.69) is 4.18 Å². The topological polar surface area (TPSA) is 82.1 Å². The number of ether oxygens (including phenoxy) is 1. The van der Waals surface area contributed by atoms with Crippen molar-refractivity contribution in [2.75, 3.05) is 0 Å². The molecule has 0 aliphatic carbocycles. The molecule has 0 fully saturated rings. The maximum absolute atomic E-state index is 13.1. The molecule has 0 aromatic rings. The van der Waals surface area contributed by atoms with E-state index in [-0.39, 0.29) is 17.4 Å². The summed E-state index contributed by atoms with van der Waals surface area (Å²) in [6.45, 7) is 18.8. The summed E-state index contributed by atoms with van der Waals surface area (Å²) in [4.78, 5) is 14.0. The number of hydrogen-bond donors (Lipinski definition) is 0. The highest BCUT2D eigenvalue weighted by Crippen LogP contribution is 2.41. The van der Waals surface area contributed by atoms with Crippen molar-refractivity contribution in [1.29, 1.82) is 0 Å². The molecule has 0 aromatic heterocycles. The number of rotatable bonds is 6. The minimum atomic E-state index is -5.99. The van der Waals surface area contributed by atoms with Crippen LogP contribution in [0.15, 0.2) is 12.0 Å². The van der Waals surface area contributed by atoms with Crippen LogP contribution in [0.1, 0.15) is 68.2 Å². The van der Waals surface area contributed by atoms with E-state index < -0.39 is 53.7 Å². The van der Waals surface area contributed by atoms with Crippen LogP contribution in [0.5, 0.6) is 0 Å². The molecule has 0 bridgehead atoms. The second-order valence-corrected chi connectivity index (χ2v) is 17.5. The van der Waals surface area contributed by atoms with Gasteiger partial charge in [-0.1, -0.05) is 34.6 Å². The summed E-state index contributed by atoms with van der Waals surface area (Å²) in [5.41, 5.74) is -6.61. The van der Waals surface area contributed by atoms with Crippen LogP contribution < -0.4 is 0 Å². The van der Waals surface area contributed by atoms with Gasteiger partial charge >= 0.3 is 21.7 Å². The summed E-state index contributed by atoms with van der Waals surface area (Å²) in [5, 5.41) is -0.160. The molecule has 1 aliphatic rings. The second-order valence-electron chi connectivity index (χ2n) is 11.2. The highest BCUT2D eigenvalue weighted by molar-refractivity contribution is 7.87. The Bertz CT molecular complexity index is 842. The number of amides is 1. The third-order valence-electron chi connectivity index (χ3n) is 5.56. The normalized spacial score (nSPS) is 21.2. The Balaban J connectivity index is 3.56. The van der Waals surface area contributed by atoms with Crippen molar-refractivity contribution in [3.63, 3.8) is 0 Å². The molecular weight excluding hydrogens is 479 g/mol. The van der Waals surface area contributed by atoms with Crippen LogP contribution in [0.3, 0.4) is 0 Å². The maximum atomic E-state index is 13.1. The first kappa shape index (κ1) is 29.8. The minimum absolute atomic E-state index is 0.0176. The number of hydrogen-bond acceptors (Lipinski definition) is 6. The van der Waals surface area contributed by atoms with E-state index in [0.29, 0.717) is 6.42 Å². The van der Waals surface area contributed by atoms with Gasteiger partial charge in [-0.15, -0.1) is 0 Å². The lowest BCUT2D eigenvalue weighted by atomic mass is 9.94. The third kappa shape index (κ3) is 7.88. The Labute approximate surface area is 196 Å². The Hall–Kier alpha value is -1.27. The third-order valence-corrected chi connectivity index (χ3v) is 11.0. The van der Waals surface area contributed by atoms with Crippen LogP contribution in [0.25, 0.3) is 0 Å². The van der Waals surface area contributed by atoms with Crippen LogP contribution in [0.4, 0.5) is 18.0 Å². The van der Waals surface area contributed by atoms with E-state index in [0.717, 1.165) is 11.0 Å². The summed E-state index contributed by atoms with van der Waals surface area (Å²) in [5.74, 6) is -0.702. The van der Waals surface area contributed by atoms with Gasteiger partial charge in [-0.3, -0.25) is 0 Å². The highest BCUT2D eigenvalue weighted by Gasteiger charge is 2.52. The molecule has 0 N–H and O–H groups in total. The van der Waals surface area contributed by atoms with Gasteiger partial charge in [-0.25, -0.2) is 9.69 Å². The lowest BCUT2D eigenvalue weighted by molar-refractivity contribution is -0.0572. The fraction of sp³-hybridized carbons (Fsp3) is 0.857. The second kappa shape index (κ2) is 9.77. The zero-order chi connectivity index (χ0) is 26.2. The predicted molar refractivity (Wildman–Crippen MR) is 122 cm³/mol. The largest absolute Gasteiger partial charge is 0.534 e. The van der Waals surface area contributed by atoms with Gasteiger partial charge in [0.05, 0.1) is 12.1 Å². The fourth-order valence-corrected chi connectivity index (χ4v) is 4.83. The molecule has 0 saturated carbocycles. The predicted octanol–water partition coefficient (Wildman–Crippen LogP) is 6.14. The SMILES string of the molecule is CC(C)C[C@@H]1[C@@H](O[Si](C)(C)C(C)(C)C)CC=C(OS(=O)(=O)C(F)(F)F)N1C(=O)OC(C)(C)C. The maximum Gasteiger partial charge on any atom is 0.534 e. The summed E-state index contributed by atoms with van der Waals surface area (Å²) in [7, 11) is -8.33. The summed E-state index contributed by atoms with van der Waals surface area (Å²) in [6.07, 6.45) is 0.0148. The van der Waals surface area contributed by atoms with Crippen LogP contribution in [-0.2, 0) is 23.5 Å². The first-order valence-electron chi connectivity index (χ1n) is 10.9. The molecule has 1 aliphatic heterocycles. The Kier molecular flexibility index (Phi) is 8.81. The monoisotopic (exact) mass is 517 g/mol. The summed E-state index contributed by atoms with van der Waals surface area (Å²) >= 11 is 0. The van der Waals surface area contributed by atoms with Gasteiger partial charge in [0, 0.05) is 0 Å². The standard InChI is InChI=1S/C21H38F3NO6SSi/c1-14(2)13-15-16(31-33(9,10)20(6,7)8)11-12-17(30-32(27,28)21(22,23)24)25(15)18(26)29-19(3,4)5/h12,14-16H,11,13H2,1-10H3/t15-,16+/m1/s1. The quantitative estimate of drug-likeness (QED) is 0.239. The van der Waals surface area contributed by atoms with Crippen molar-refractivity contribution in [2.24, 2.45) is 5.92 Å². The van der Waals surface area contributed by atoms with Crippen molar-refractivity contribution < 1.29 is 39.7 Å². The van der Waals surface area contributed by atoms with Crippen LogP contribution in [0.2, 0.25) is 18.1 Å². The Morgan fingerprint density at radius 1 is 1.15 bits per heavy atom. The molecule has 0 aromatic carbocycles. The van der Waals surface area contributed by atoms with Gasteiger partial charge in [0.15, 0.2) is 8.32 Å². The number of carbonyl (C=O) groups is 1. The summed E-state index contributed by atoms with van der Waals surface area (Å²) in [6, 6.07) is -0.780. The molecule has 1 rings (SSSR count). The molecule has 0 saturated heterocycles. The zero-order valence-electron chi connectivity index (χ0n) is 21.2. The number of halogens is 3. The molecule has 1 amide bonds. The van der Waals surface area contributed by atoms with Gasteiger partial charge in [-0.05, 0) is 63.7 Å². The fourth-order valence-electron chi connectivity index (χ4n) is 2.99. The Morgan fingerprint density at radius 2 is 1.67 bits per heavy atom. The van der Waals surface area contributed by atoms with Gasteiger partial charge in [0.25, 0.3) is 0 Å². The molecule has 0 unspecified atom stereocenters. The molecule has 2 atom stereocenters.